The minimum absolute atomic E-state index is 0.729. The van der Waals surface area contributed by atoms with Crippen LogP contribution in [-0.4, -0.2) is 24.7 Å². The number of rotatable bonds is 5. The van der Waals surface area contributed by atoms with E-state index >= 15 is 0 Å². The molecule has 12 heavy (non-hydrogen) atoms. The number of aromatic nitrogens is 1. The van der Waals surface area contributed by atoms with E-state index in [0.717, 1.165) is 25.6 Å². The molecule has 0 radical (unpaired) electrons. The van der Waals surface area contributed by atoms with Crippen LogP contribution in [0, 0.1) is 0 Å². The summed E-state index contributed by atoms with van der Waals surface area (Å²) < 4.78 is 5.16. The van der Waals surface area contributed by atoms with E-state index in [0.29, 0.717) is 0 Å². The van der Waals surface area contributed by atoms with Gasteiger partial charge < -0.3 is 10.1 Å². The predicted octanol–water partition coefficient (Wildman–Crippen LogP) is 1.53. The molecule has 0 aliphatic heterocycles. The first kappa shape index (κ1) is 9.00. The average molecular weight is 166 g/mol. The lowest BCUT2D eigenvalue weighted by atomic mass is 10.4. The highest BCUT2D eigenvalue weighted by molar-refractivity contribution is 5.32. The quantitative estimate of drug-likeness (QED) is 0.673. The van der Waals surface area contributed by atoms with Crippen molar-refractivity contribution in [2.45, 2.75) is 6.92 Å². The van der Waals surface area contributed by atoms with Crippen LogP contribution >= 0.6 is 0 Å². The maximum atomic E-state index is 5.16. The number of hydrogen-bond donors (Lipinski definition) is 1. The molecule has 0 spiro atoms. The van der Waals surface area contributed by atoms with Gasteiger partial charge in [-0.25, -0.2) is 4.98 Å². The number of anilines is 1. The number of nitrogens with zero attached hydrogens (tertiary/aromatic N) is 1. The van der Waals surface area contributed by atoms with Crippen molar-refractivity contribution in [1.29, 1.82) is 0 Å². The molecule has 0 saturated carbocycles. The summed E-state index contributed by atoms with van der Waals surface area (Å²) in [4.78, 5) is 4.11. The predicted molar refractivity (Wildman–Crippen MR) is 49.2 cm³/mol. The fourth-order valence-electron chi connectivity index (χ4n) is 0.863. The lowest BCUT2D eigenvalue weighted by Gasteiger charge is -2.03. The molecular weight excluding hydrogens is 152 g/mol. The van der Waals surface area contributed by atoms with Gasteiger partial charge in [-0.1, -0.05) is 6.07 Å². The third-order valence-corrected chi connectivity index (χ3v) is 1.42. The second-order valence-electron chi connectivity index (χ2n) is 2.34. The summed E-state index contributed by atoms with van der Waals surface area (Å²) in [5.74, 6) is 0.900. The summed E-state index contributed by atoms with van der Waals surface area (Å²) in [5, 5.41) is 3.14. The Kier molecular flexibility index (Phi) is 4.16. The Bertz CT molecular complexity index is 201. The van der Waals surface area contributed by atoms with Gasteiger partial charge in [-0.05, 0) is 19.1 Å². The Labute approximate surface area is 72.8 Å². The molecule has 0 atom stereocenters. The van der Waals surface area contributed by atoms with Crippen LogP contribution in [0.5, 0.6) is 0 Å². The van der Waals surface area contributed by atoms with E-state index < -0.39 is 0 Å². The molecule has 0 unspecified atom stereocenters. The fourth-order valence-corrected chi connectivity index (χ4v) is 0.863. The van der Waals surface area contributed by atoms with Gasteiger partial charge in [0.25, 0.3) is 0 Å². The zero-order valence-electron chi connectivity index (χ0n) is 7.29. The molecule has 3 nitrogen and oxygen atoms in total. The van der Waals surface area contributed by atoms with Crippen molar-refractivity contribution >= 4 is 5.82 Å². The van der Waals surface area contributed by atoms with Crippen molar-refractivity contribution in [3.63, 3.8) is 0 Å². The van der Waals surface area contributed by atoms with Crippen LogP contribution in [-0.2, 0) is 4.74 Å². The molecule has 1 rings (SSSR count). The van der Waals surface area contributed by atoms with Crippen LogP contribution in [0.1, 0.15) is 6.92 Å². The van der Waals surface area contributed by atoms with Crippen LogP contribution in [0.4, 0.5) is 5.82 Å². The second-order valence-corrected chi connectivity index (χ2v) is 2.34. The molecule has 66 valence electrons. The van der Waals surface area contributed by atoms with Gasteiger partial charge in [-0.3, -0.25) is 0 Å². The largest absolute Gasteiger partial charge is 0.380 e. The third kappa shape index (κ3) is 3.34. The molecule has 0 aliphatic carbocycles. The summed E-state index contributed by atoms with van der Waals surface area (Å²) in [5.41, 5.74) is 0. The monoisotopic (exact) mass is 166 g/mol. The Hall–Kier alpha value is -1.09. The first-order valence-corrected chi connectivity index (χ1v) is 4.16. The molecule has 1 N–H and O–H groups in total. The van der Waals surface area contributed by atoms with Crippen LogP contribution in [0.25, 0.3) is 0 Å². The maximum absolute atomic E-state index is 5.16. The molecule has 0 aromatic carbocycles. The summed E-state index contributed by atoms with van der Waals surface area (Å²) >= 11 is 0. The van der Waals surface area contributed by atoms with Crippen molar-refractivity contribution in [3.8, 4) is 0 Å². The van der Waals surface area contributed by atoms with Gasteiger partial charge in [0.05, 0.1) is 6.61 Å². The second kappa shape index (κ2) is 5.55. The van der Waals surface area contributed by atoms with E-state index in [4.69, 9.17) is 4.74 Å². The third-order valence-electron chi connectivity index (χ3n) is 1.42. The van der Waals surface area contributed by atoms with Crippen molar-refractivity contribution in [1.82, 2.24) is 4.98 Å². The van der Waals surface area contributed by atoms with Gasteiger partial charge >= 0.3 is 0 Å². The van der Waals surface area contributed by atoms with Crippen molar-refractivity contribution in [3.05, 3.63) is 24.4 Å². The van der Waals surface area contributed by atoms with E-state index in [1.165, 1.54) is 0 Å². The number of nitrogens with one attached hydrogen (secondary N) is 1. The molecule has 0 bridgehead atoms. The molecule has 3 heteroatoms. The van der Waals surface area contributed by atoms with Crippen molar-refractivity contribution < 1.29 is 4.74 Å². The van der Waals surface area contributed by atoms with E-state index in [-0.39, 0.29) is 0 Å². The first-order valence-electron chi connectivity index (χ1n) is 4.16. The molecular formula is C9H14N2O. The smallest absolute Gasteiger partial charge is 0.125 e. The SMILES string of the molecule is CCOCCNc1ccccn1. The Morgan fingerprint density at radius 2 is 2.42 bits per heavy atom. The van der Waals surface area contributed by atoms with Crippen molar-refractivity contribution in [2.24, 2.45) is 0 Å². The van der Waals surface area contributed by atoms with Gasteiger partial charge in [0.1, 0.15) is 5.82 Å². The molecule has 0 saturated heterocycles. The van der Waals surface area contributed by atoms with Crippen LogP contribution in [0.3, 0.4) is 0 Å². The minimum atomic E-state index is 0.729. The van der Waals surface area contributed by atoms with Crippen LogP contribution in [0.2, 0.25) is 0 Å². The molecule has 0 fully saturated rings. The Morgan fingerprint density at radius 3 is 3.08 bits per heavy atom. The summed E-state index contributed by atoms with van der Waals surface area (Å²) in [6.07, 6.45) is 1.77. The van der Waals surface area contributed by atoms with Gasteiger partial charge in [0.15, 0.2) is 0 Å². The molecule has 0 aliphatic rings. The van der Waals surface area contributed by atoms with Gasteiger partial charge in [0, 0.05) is 19.3 Å². The fraction of sp³-hybridized carbons (Fsp3) is 0.444. The van der Waals surface area contributed by atoms with Crippen molar-refractivity contribution in [2.75, 3.05) is 25.1 Å². The zero-order chi connectivity index (χ0) is 8.65. The average Bonchev–Trinajstić information content (AvgIpc) is 2.14. The lowest BCUT2D eigenvalue weighted by molar-refractivity contribution is 0.158. The maximum Gasteiger partial charge on any atom is 0.125 e. The standard InChI is InChI=1S/C9H14N2O/c1-2-12-8-7-11-9-5-3-4-6-10-9/h3-6H,2,7-8H2,1H3,(H,10,11). The highest BCUT2D eigenvalue weighted by atomic mass is 16.5. The number of hydrogen-bond acceptors (Lipinski definition) is 3. The number of pyridine rings is 1. The summed E-state index contributed by atoms with van der Waals surface area (Å²) in [6, 6.07) is 5.79. The van der Waals surface area contributed by atoms with E-state index in [2.05, 4.69) is 10.3 Å². The highest BCUT2D eigenvalue weighted by Gasteiger charge is 1.88. The Morgan fingerprint density at radius 1 is 1.50 bits per heavy atom. The Balaban J connectivity index is 2.16. The number of ether oxygens (including phenoxy) is 1. The van der Waals surface area contributed by atoms with Crippen LogP contribution in [0.15, 0.2) is 24.4 Å². The van der Waals surface area contributed by atoms with Crippen LogP contribution < -0.4 is 5.32 Å². The van der Waals surface area contributed by atoms with Gasteiger partial charge in [0.2, 0.25) is 0 Å². The topological polar surface area (TPSA) is 34.1 Å². The van der Waals surface area contributed by atoms with E-state index in [1.807, 2.05) is 25.1 Å². The molecule has 1 heterocycles. The normalized spacial score (nSPS) is 9.75. The first-order chi connectivity index (χ1) is 5.93. The molecule has 1 aromatic heterocycles. The van der Waals surface area contributed by atoms with Gasteiger partial charge in [-0.15, -0.1) is 0 Å². The zero-order valence-corrected chi connectivity index (χ0v) is 7.29. The summed E-state index contributed by atoms with van der Waals surface area (Å²) in [6.45, 7) is 4.29. The van der Waals surface area contributed by atoms with E-state index in [9.17, 15) is 0 Å². The molecule has 1 aromatic rings. The van der Waals surface area contributed by atoms with Gasteiger partial charge in [-0.2, -0.15) is 0 Å². The highest BCUT2D eigenvalue weighted by Crippen LogP contribution is 1.97. The summed E-state index contributed by atoms with van der Waals surface area (Å²) in [7, 11) is 0. The minimum Gasteiger partial charge on any atom is -0.380 e. The van der Waals surface area contributed by atoms with E-state index in [1.54, 1.807) is 6.20 Å². The molecule has 0 amide bonds. The lowest BCUT2D eigenvalue weighted by Crippen LogP contribution is -2.09.